The molecule has 0 spiro atoms. The molecule has 0 N–H and O–H groups in total. The van der Waals surface area contributed by atoms with E-state index in [1.54, 1.807) is 44.4 Å². The lowest BCUT2D eigenvalue weighted by Gasteiger charge is -2.17. The average molecular weight is 326 g/mol. The van der Waals surface area contributed by atoms with Gasteiger partial charge in [-0.2, -0.15) is 0 Å². The fourth-order valence-electron chi connectivity index (χ4n) is 1.89. The molecule has 0 saturated heterocycles. The first-order valence-corrected chi connectivity index (χ1v) is 7.45. The van der Waals surface area contributed by atoms with Gasteiger partial charge in [-0.1, -0.05) is 11.6 Å². The lowest BCUT2D eigenvalue weighted by molar-refractivity contribution is 0.0785. The highest BCUT2D eigenvalue weighted by Crippen LogP contribution is 2.25. The van der Waals surface area contributed by atoms with Crippen molar-refractivity contribution in [2.24, 2.45) is 0 Å². The molecule has 0 bridgehead atoms. The molecule has 0 atom stereocenters. The van der Waals surface area contributed by atoms with E-state index in [2.05, 4.69) is 0 Å². The van der Waals surface area contributed by atoms with Crippen LogP contribution in [0.25, 0.3) is 0 Å². The Bertz CT molecular complexity index is 619. The van der Waals surface area contributed by atoms with Crippen LogP contribution in [-0.2, 0) is 6.54 Å². The van der Waals surface area contributed by atoms with Crippen LogP contribution in [0.2, 0.25) is 4.34 Å². The molecular formula is C15H16ClNO3S. The van der Waals surface area contributed by atoms with Crippen molar-refractivity contribution in [2.45, 2.75) is 6.54 Å². The zero-order valence-corrected chi connectivity index (χ0v) is 13.6. The number of hydrogen-bond donors (Lipinski definition) is 0. The van der Waals surface area contributed by atoms with Gasteiger partial charge in [0.2, 0.25) is 0 Å². The SMILES string of the molecule is COc1cc(OC)cc(C(=O)N(C)Cc2ccc(Cl)s2)c1. The number of nitrogens with zero attached hydrogens (tertiary/aromatic N) is 1. The summed E-state index contributed by atoms with van der Waals surface area (Å²) in [5, 5.41) is 0. The first-order chi connectivity index (χ1) is 10.0. The second kappa shape index (κ2) is 6.83. The fourth-order valence-corrected chi connectivity index (χ4v) is 3.03. The van der Waals surface area contributed by atoms with E-state index < -0.39 is 0 Å². The topological polar surface area (TPSA) is 38.8 Å². The molecule has 6 heteroatoms. The summed E-state index contributed by atoms with van der Waals surface area (Å²) in [7, 11) is 4.86. The lowest BCUT2D eigenvalue weighted by atomic mass is 10.1. The molecule has 0 aliphatic carbocycles. The van der Waals surface area contributed by atoms with E-state index in [0.29, 0.717) is 27.9 Å². The molecule has 0 aliphatic heterocycles. The van der Waals surface area contributed by atoms with Gasteiger partial charge in [-0.3, -0.25) is 4.79 Å². The highest BCUT2D eigenvalue weighted by atomic mass is 35.5. The van der Waals surface area contributed by atoms with Gasteiger partial charge < -0.3 is 14.4 Å². The molecule has 21 heavy (non-hydrogen) atoms. The van der Waals surface area contributed by atoms with Crippen molar-refractivity contribution in [1.82, 2.24) is 4.90 Å². The van der Waals surface area contributed by atoms with Gasteiger partial charge in [0.25, 0.3) is 5.91 Å². The van der Waals surface area contributed by atoms with E-state index in [1.165, 1.54) is 11.3 Å². The Morgan fingerprint density at radius 3 is 2.29 bits per heavy atom. The molecule has 1 amide bonds. The van der Waals surface area contributed by atoms with E-state index in [-0.39, 0.29) is 5.91 Å². The first kappa shape index (κ1) is 15.7. The quantitative estimate of drug-likeness (QED) is 0.841. The Labute approximate surface area is 132 Å². The summed E-state index contributed by atoms with van der Waals surface area (Å²) in [6, 6.07) is 8.87. The summed E-state index contributed by atoms with van der Waals surface area (Å²) in [6.45, 7) is 0.510. The van der Waals surface area contributed by atoms with Crippen molar-refractivity contribution < 1.29 is 14.3 Å². The van der Waals surface area contributed by atoms with Crippen LogP contribution in [-0.4, -0.2) is 32.1 Å². The maximum absolute atomic E-state index is 12.5. The molecule has 0 radical (unpaired) electrons. The minimum Gasteiger partial charge on any atom is -0.497 e. The number of ether oxygens (including phenoxy) is 2. The zero-order chi connectivity index (χ0) is 15.4. The molecule has 0 unspecified atom stereocenters. The third-order valence-corrected chi connectivity index (χ3v) is 4.18. The van der Waals surface area contributed by atoms with Crippen LogP contribution < -0.4 is 9.47 Å². The first-order valence-electron chi connectivity index (χ1n) is 6.26. The maximum Gasteiger partial charge on any atom is 0.254 e. The number of benzene rings is 1. The molecule has 4 nitrogen and oxygen atoms in total. The molecular weight excluding hydrogens is 310 g/mol. The van der Waals surface area contributed by atoms with E-state index in [0.717, 1.165) is 4.88 Å². The number of methoxy groups -OCH3 is 2. The Kier molecular flexibility index (Phi) is 5.09. The number of thiophene rings is 1. The summed E-state index contributed by atoms with van der Waals surface area (Å²) < 4.78 is 11.1. The maximum atomic E-state index is 12.5. The van der Waals surface area contributed by atoms with E-state index in [4.69, 9.17) is 21.1 Å². The molecule has 0 saturated carbocycles. The van der Waals surface area contributed by atoms with Gasteiger partial charge >= 0.3 is 0 Å². The molecule has 1 heterocycles. The number of halogens is 1. The van der Waals surface area contributed by atoms with Crippen molar-refractivity contribution in [1.29, 1.82) is 0 Å². The van der Waals surface area contributed by atoms with Crippen molar-refractivity contribution >= 4 is 28.8 Å². The number of carbonyl (C=O) groups excluding carboxylic acids is 1. The van der Waals surface area contributed by atoms with E-state index >= 15 is 0 Å². The number of rotatable bonds is 5. The lowest BCUT2D eigenvalue weighted by Crippen LogP contribution is -2.25. The highest BCUT2D eigenvalue weighted by molar-refractivity contribution is 7.16. The predicted molar refractivity (Wildman–Crippen MR) is 84.7 cm³/mol. The van der Waals surface area contributed by atoms with Crippen molar-refractivity contribution in [3.05, 3.63) is 45.1 Å². The Hall–Kier alpha value is -1.72. The second-order valence-electron chi connectivity index (χ2n) is 4.47. The van der Waals surface area contributed by atoms with Crippen LogP contribution in [0.15, 0.2) is 30.3 Å². The van der Waals surface area contributed by atoms with Gasteiger partial charge in [0, 0.05) is 23.6 Å². The number of amides is 1. The van der Waals surface area contributed by atoms with Crippen LogP contribution in [0.5, 0.6) is 11.5 Å². The summed E-state index contributed by atoms with van der Waals surface area (Å²) in [5.74, 6) is 1.08. The largest absolute Gasteiger partial charge is 0.497 e. The van der Waals surface area contributed by atoms with Crippen molar-refractivity contribution in [2.75, 3.05) is 21.3 Å². The van der Waals surface area contributed by atoms with Crippen LogP contribution >= 0.6 is 22.9 Å². The Morgan fingerprint density at radius 1 is 1.19 bits per heavy atom. The molecule has 112 valence electrons. The minimum atomic E-state index is -0.100. The summed E-state index contributed by atoms with van der Waals surface area (Å²) in [6.07, 6.45) is 0. The van der Waals surface area contributed by atoms with Crippen LogP contribution in [0.3, 0.4) is 0 Å². The molecule has 0 aliphatic rings. The summed E-state index contributed by atoms with van der Waals surface area (Å²) in [4.78, 5) is 15.1. The fraction of sp³-hybridized carbons (Fsp3) is 0.267. The summed E-state index contributed by atoms with van der Waals surface area (Å²) >= 11 is 7.37. The van der Waals surface area contributed by atoms with Crippen molar-refractivity contribution in [3.63, 3.8) is 0 Å². The Balaban J connectivity index is 2.18. The molecule has 1 aromatic heterocycles. The van der Waals surface area contributed by atoms with Gasteiger partial charge in [0.1, 0.15) is 11.5 Å². The second-order valence-corrected chi connectivity index (χ2v) is 6.27. The number of carbonyl (C=O) groups is 1. The standard InChI is InChI=1S/C15H16ClNO3S/c1-17(9-13-4-5-14(16)21-13)15(18)10-6-11(19-2)8-12(7-10)20-3/h4-8H,9H2,1-3H3. The molecule has 0 fully saturated rings. The third-order valence-electron chi connectivity index (χ3n) is 2.97. The Morgan fingerprint density at radius 2 is 1.81 bits per heavy atom. The third kappa shape index (κ3) is 3.89. The molecule has 1 aromatic carbocycles. The van der Waals surface area contributed by atoms with E-state index in [1.807, 2.05) is 12.1 Å². The minimum absolute atomic E-state index is 0.100. The van der Waals surface area contributed by atoms with Gasteiger partial charge in [0.15, 0.2) is 0 Å². The van der Waals surface area contributed by atoms with Crippen LogP contribution in [0.1, 0.15) is 15.2 Å². The van der Waals surface area contributed by atoms with Crippen LogP contribution in [0, 0.1) is 0 Å². The monoisotopic (exact) mass is 325 g/mol. The molecule has 2 aromatic rings. The predicted octanol–water partition coefficient (Wildman–Crippen LogP) is 3.69. The van der Waals surface area contributed by atoms with E-state index in [9.17, 15) is 4.79 Å². The number of hydrogen-bond acceptors (Lipinski definition) is 4. The summed E-state index contributed by atoms with van der Waals surface area (Å²) in [5.41, 5.74) is 0.524. The zero-order valence-electron chi connectivity index (χ0n) is 12.1. The van der Waals surface area contributed by atoms with Gasteiger partial charge in [-0.25, -0.2) is 0 Å². The van der Waals surface area contributed by atoms with Crippen LogP contribution in [0.4, 0.5) is 0 Å². The van der Waals surface area contributed by atoms with Gasteiger partial charge in [-0.05, 0) is 24.3 Å². The smallest absolute Gasteiger partial charge is 0.254 e. The van der Waals surface area contributed by atoms with Gasteiger partial charge in [-0.15, -0.1) is 11.3 Å². The average Bonchev–Trinajstić information content (AvgIpc) is 2.90. The highest BCUT2D eigenvalue weighted by Gasteiger charge is 2.15. The van der Waals surface area contributed by atoms with Gasteiger partial charge in [0.05, 0.1) is 25.1 Å². The normalized spacial score (nSPS) is 10.3. The molecule has 2 rings (SSSR count). The van der Waals surface area contributed by atoms with Crippen molar-refractivity contribution in [3.8, 4) is 11.5 Å².